The quantitative estimate of drug-likeness (QED) is 0.741. The fourth-order valence-corrected chi connectivity index (χ4v) is 2.50. The minimum absolute atomic E-state index is 0.892. The molecular formula is C14H26N4O. The normalized spacial score (nSPS) is 16.9. The molecule has 1 saturated heterocycles. The molecule has 19 heavy (non-hydrogen) atoms. The van der Waals surface area contributed by atoms with Crippen molar-refractivity contribution in [2.24, 2.45) is 7.05 Å². The summed E-state index contributed by atoms with van der Waals surface area (Å²) in [5.41, 5.74) is 2.54. The highest BCUT2D eigenvalue weighted by Gasteiger charge is 2.09. The Balaban J connectivity index is 1.60. The maximum atomic E-state index is 5.35. The fourth-order valence-electron chi connectivity index (χ4n) is 2.50. The van der Waals surface area contributed by atoms with E-state index in [2.05, 4.69) is 28.4 Å². The van der Waals surface area contributed by atoms with E-state index in [0.717, 1.165) is 45.8 Å². The first kappa shape index (κ1) is 14.5. The van der Waals surface area contributed by atoms with Gasteiger partial charge in [-0.3, -0.25) is 9.58 Å². The third kappa shape index (κ3) is 4.60. The standard InChI is InChI=1S/C14H26N4O/c1-3-14-13(12-17(2)16-14)11-15-5-4-6-18-7-9-19-10-8-18/h12,15H,3-11H2,1-2H3. The SMILES string of the molecule is CCc1nn(C)cc1CNCCCN1CCOCC1. The smallest absolute Gasteiger partial charge is 0.0666 e. The number of nitrogens with one attached hydrogen (secondary N) is 1. The van der Waals surface area contributed by atoms with Gasteiger partial charge in [-0.15, -0.1) is 0 Å². The van der Waals surface area contributed by atoms with Crippen LogP contribution in [0.3, 0.4) is 0 Å². The predicted molar refractivity (Wildman–Crippen MR) is 76.2 cm³/mol. The average molecular weight is 266 g/mol. The molecule has 1 aromatic rings. The van der Waals surface area contributed by atoms with Crippen LogP contribution in [0.15, 0.2) is 6.20 Å². The number of morpholine rings is 1. The summed E-state index contributed by atoms with van der Waals surface area (Å²) in [5, 5.41) is 7.97. The maximum Gasteiger partial charge on any atom is 0.0666 e. The number of aromatic nitrogens is 2. The van der Waals surface area contributed by atoms with Crippen molar-refractivity contribution >= 4 is 0 Å². The summed E-state index contributed by atoms with van der Waals surface area (Å²) >= 11 is 0. The Morgan fingerprint density at radius 3 is 2.89 bits per heavy atom. The molecule has 1 N–H and O–H groups in total. The molecule has 0 saturated carbocycles. The Kier molecular flexibility index (Phi) is 5.82. The monoisotopic (exact) mass is 266 g/mol. The van der Waals surface area contributed by atoms with E-state index in [-0.39, 0.29) is 0 Å². The predicted octanol–water partition coefficient (Wildman–Crippen LogP) is 0.794. The summed E-state index contributed by atoms with van der Waals surface area (Å²) in [6, 6.07) is 0. The van der Waals surface area contributed by atoms with Gasteiger partial charge in [-0.2, -0.15) is 5.10 Å². The molecule has 5 nitrogen and oxygen atoms in total. The van der Waals surface area contributed by atoms with Crippen molar-refractivity contribution in [2.75, 3.05) is 39.4 Å². The molecule has 2 heterocycles. The minimum Gasteiger partial charge on any atom is -0.379 e. The first-order valence-electron chi connectivity index (χ1n) is 7.32. The van der Waals surface area contributed by atoms with E-state index in [4.69, 9.17) is 4.74 Å². The first-order valence-corrected chi connectivity index (χ1v) is 7.32. The number of aryl methyl sites for hydroxylation is 2. The lowest BCUT2D eigenvalue weighted by Gasteiger charge is -2.26. The highest BCUT2D eigenvalue weighted by molar-refractivity contribution is 5.16. The van der Waals surface area contributed by atoms with Crippen molar-refractivity contribution in [1.82, 2.24) is 20.0 Å². The van der Waals surface area contributed by atoms with Crippen LogP contribution >= 0.6 is 0 Å². The lowest BCUT2D eigenvalue weighted by Crippen LogP contribution is -2.37. The van der Waals surface area contributed by atoms with E-state index in [9.17, 15) is 0 Å². The van der Waals surface area contributed by atoms with Gasteiger partial charge in [0.2, 0.25) is 0 Å². The maximum absolute atomic E-state index is 5.35. The van der Waals surface area contributed by atoms with Crippen LogP contribution in [0.1, 0.15) is 24.6 Å². The second-order valence-electron chi connectivity index (χ2n) is 5.11. The topological polar surface area (TPSA) is 42.3 Å². The zero-order valence-electron chi connectivity index (χ0n) is 12.2. The van der Waals surface area contributed by atoms with Crippen LogP contribution in [0.2, 0.25) is 0 Å². The number of ether oxygens (including phenoxy) is 1. The second-order valence-corrected chi connectivity index (χ2v) is 5.11. The summed E-state index contributed by atoms with van der Waals surface area (Å²) < 4.78 is 7.25. The van der Waals surface area contributed by atoms with Crippen LogP contribution in [-0.2, 0) is 24.8 Å². The van der Waals surface area contributed by atoms with Crippen LogP contribution in [0.25, 0.3) is 0 Å². The van der Waals surface area contributed by atoms with E-state index in [1.54, 1.807) is 0 Å². The van der Waals surface area contributed by atoms with E-state index in [1.807, 2.05) is 11.7 Å². The minimum atomic E-state index is 0.892. The molecule has 0 spiro atoms. The lowest BCUT2D eigenvalue weighted by atomic mass is 10.2. The Morgan fingerprint density at radius 2 is 2.16 bits per heavy atom. The first-order chi connectivity index (χ1) is 9.29. The third-order valence-corrected chi connectivity index (χ3v) is 3.57. The highest BCUT2D eigenvalue weighted by Crippen LogP contribution is 2.06. The molecule has 0 atom stereocenters. The summed E-state index contributed by atoms with van der Waals surface area (Å²) in [4.78, 5) is 2.48. The van der Waals surface area contributed by atoms with Crippen molar-refractivity contribution in [1.29, 1.82) is 0 Å². The average Bonchev–Trinajstić information content (AvgIpc) is 2.80. The van der Waals surface area contributed by atoms with Gasteiger partial charge in [0.05, 0.1) is 18.9 Å². The van der Waals surface area contributed by atoms with Gasteiger partial charge >= 0.3 is 0 Å². The van der Waals surface area contributed by atoms with Crippen LogP contribution in [-0.4, -0.2) is 54.1 Å². The van der Waals surface area contributed by atoms with Crippen molar-refractivity contribution in [3.05, 3.63) is 17.5 Å². The van der Waals surface area contributed by atoms with Crippen molar-refractivity contribution < 1.29 is 4.74 Å². The summed E-state index contributed by atoms with van der Waals surface area (Å²) in [6.45, 7) is 9.28. The van der Waals surface area contributed by atoms with E-state index in [0.29, 0.717) is 0 Å². The van der Waals surface area contributed by atoms with Gasteiger partial charge in [0.1, 0.15) is 0 Å². The van der Waals surface area contributed by atoms with Gasteiger partial charge in [-0.05, 0) is 25.9 Å². The Hall–Kier alpha value is -0.910. The summed E-state index contributed by atoms with van der Waals surface area (Å²) in [6.07, 6.45) is 4.32. The molecule has 0 unspecified atom stereocenters. The molecule has 0 aliphatic carbocycles. The number of rotatable bonds is 7. The van der Waals surface area contributed by atoms with Crippen LogP contribution < -0.4 is 5.32 Å². The van der Waals surface area contributed by atoms with Crippen molar-refractivity contribution in [2.45, 2.75) is 26.3 Å². The van der Waals surface area contributed by atoms with Crippen LogP contribution in [0, 0.1) is 0 Å². The van der Waals surface area contributed by atoms with Crippen molar-refractivity contribution in [3.8, 4) is 0 Å². The molecule has 0 amide bonds. The molecule has 5 heteroatoms. The second kappa shape index (κ2) is 7.62. The van der Waals surface area contributed by atoms with Gasteiger partial charge in [0, 0.05) is 38.4 Å². The molecule has 0 bridgehead atoms. The molecule has 108 valence electrons. The van der Waals surface area contributed by atoms with Crippen LogP contribution in [0.4, 0.5) is 0 Å². The molecular weight excluding hydrogens is 240 g/mol. The summed E-state index contributed by atoms with van der Waals surface area (Å²) in [7, 11) is 1.99. The largest absolute Gasteiger partial charge is 0.379 e. The Bertz CT molecular complexity index is 372. The highest BCUT2D eigenvalue weighted by atomic mass is 16.5. The fraction of sp³-hybridized carbons (Fsp3) is 0.786. The van der Waals surface area contributed by atoms with Gasteiger partial charge in [0.25, 0.3) is 0 Å². The number of hydrogen-bond acceptors (Lipinski definition) is 4. The molecule has 0 aromatic carbocycles. The lowest BCUT2D eigenvalue weighted by molar-refractivity contribution is 0.0374. The molecule has 1 aliphatic heterocycles. The number of hydrogen-bond donors (Lipinski definition) is 1. The third-order valence-electron chi connectivity index (χ3n) is 3.57. The Labute approximate surface area is 115 Å². The molecule has 1 aliphatic rings. The molecule has 1 aromatic heterocycles. The van der Waals surface area contributed by atoms with E-state index in [1.165, 1.54) is 24.2 Å². The van der Waals surface area contributed by atoms with E-state index >= 15 is 0 Å². The number of nitrogens with zero attached hydrogens (tertiary/aromatic N) is 3. The van der Waals surface area contributed by atoms with Gasteiger partial charge in [0.15, 0.2) is 0 Å². The van der Waals surface area contributed by atoms with E-state index < -0.39 is 0 Å². The zero-order valence-corrected chi connectivity index (χ0v) is 12.2. The molecule has 1 fully saturated rings. The van der Waals surface area contributed by atoms with Gasteiger partial charge in [-0.25, -0.2) is 0 Å². The Morgan fingerprint density at radius 1 is 1.37 bits per heavy atom. The zero-order chi connectivity index (χ0) is 13.5. The van der Waals surface area contributed by atoms with Crippen molar-refractivity contribution in [3.63, 3.8) is 0 Å². The summed E-state index contributed by atoms with van der Waals surface area (Å²) in [5.74, 6) is 0. The van der Waals surface area contributed by atoms with Gasteiger partial charge < -0.3 is 10.1 Å². The molecule has 2 rings (SSSR count). The molecule has 0 radical (unpaired) electrons. The van der Waals surface area contributed by atoms with Gasteiger partial charge in [-0.1, -0.05) is 6.92 Å². The van der Waals surface area contributed by atoms with Crippen LogP contribution in [0.5, 0.6) is 0 Å².